The molecule has 2 rings (SSSR count). The number of aryl methyl sites for hydroxylation is 1. The van der Waals surface area contributed by atoms with Crippen LogP contribution in [0.15, 0.2) is 32.6 Å². The zero-order chi connectivity index (χ0) is 17.2. The number of alkyl halides is 3. The van der Waals surface area contributed by atoms with Crippen LogP contribution in [0.4, 0.5) is 13.2 Å². The van der Waals surface area contributed by atoms with Gasteiger partial charge in [-0.25, -0.2) is 4.98 Å². The van der Waals surface area contributed by atoms with E-state index in [-0.39, 0.29) is 22.2 Å². The highest BCUT2D eigenvalue weighted by molar-refractivity contribution is 7.98. The summed E-state index contributed by atoms with van der Waals surface area (Å²) in [4.78, 5) is 15.2. The molecule has 0 spiro atoms. The molecule has 5 nitrogen and oxygen atoms in total. The van der Waals surface area contributed by atoms with E-state index in [1.54, 1.807) is 0 Å². The SMILES string of the molecule is Cc1cc(C(F)(F)F)c(C#N)c(SCc2cc(=O)c(O)co2)n1. The van der Waals surface area contributed by atoms with Crippen LogP contribution in [0.25, 0.3) is 0 Å². The first-order chi connectivity index (χ1) is 10.7. The summed E-state index contributed by atoms with van der Waals surface area (Å²) in [5, 5.41) is 18.0. The van der Waals surface area contributed by atoms with Crippen molar-refractivity contribution in [1.82, 2.24) is 4.98 Å². The van der Waals surface area contributed by atoms with E-state index >= 15 is 0 Å². The molecule has 0 aliphatic heterocycles. The average molecular weight is 342 g/mol. The van der Waals surface area contributed by atoms with Gasteiger partial charge in [0.1, 0.15) is 23.1 Å². The summed E-state index contributed by atoms with van der Waals surface area (Å²) in [6.45, 7) is 1.39. The Hall–Kier alpha value is -2.47. The first kappa shape index (κ1) is 16.9. The van der Waals surface area contributed by atoms with Crippen molar-refractivity contribution in [1.29, 1.82) is 5.26 Å². The number of pyridine rings is 1. The van der Waals surface area contributed by atoms with Gasteiger partial charge in [-0.1, -0.05) is 11.8 Å². The van der Waals surface area contributed by atoms with Gasteiger partial charge in [0.2, 0.25) is 5.43 Å². The zero-order valence-corrected chi connectivity index (χ0v) is 12.5. The number of halogens is 3. The second kappa shape index (κ2) is 6.34. The Bertz CT molecular complexity index is 841. The molecule has 0 aliphatic rings. The standard InChI is InChI=1S/C14H9F3N2O3S/c1-7-2-10(14(15,16)17)9(4-18)13(19-7)23-6-8-3-11(20)12(21)5-22-8/h2-3,5,21H,6H2,1H3. The van der Waals surface area contributed by atoms with Gasteiger partial charge in [0.15, 0.2) is 5.75 Å². The third-order valence-corrected chi connectivity index (χ3v) is 3.75. The van der Waals surface area contributed by atoms with E-state index in [2.05, 4.69) is 4.98 Å². The molecule has 9 heteroatoms. The third-order valence-electron chi connectivity index (χ3n) is 2.75. The molecule has 0 aromatic carbocycles. The van der Waals surface area contributed by atoms with E-state index in [1.165, 1.54) is 13.0 Å². The Morgan fingerprint density at radius 3 is 2.70 bits per heavy atom. The van der Waals surface area contributed by atoms with Crippen LogP contribution in [-0.4, -0.2) is 10.1 Å². The molecule has 0 bridgehead atoms. The highest BCUT2D eigenvalue weighted by atomic mass is 32.2. The van der Waals surface area contributed by atoms with E-state index in [9.17, 15) is 18.0 Å². The van der Waals surface area contributed by atoms with Crippen molar-refractivity contribution in [3.05, 3.63) is 51.2 Å². The fraction of sp³-hybridized carbons (Fsp3) is 0.214. The molecule has 0 saturated heterocycles. The van der Waals surface area contributed by atoms with Crippen LogP contribution >= 0.6 is 11.8 Å². The lowest BCUT2D eigenvalue weighted by molar-refractivity contribution is -0.138. The fourth-order valence-corrected chi connectivity index (χ4v) is 2.68. The number of aromatic hydroxyl groups is 1. The zero-order valence-electron chi connectivity index (χ0n) is 11.6. The summed E-state index contributed by atoms with van der Waals surface area (Å²) in [5.74, 6) is -0.444. The lowest BCUT2D eigenvalue weighted by Gasteiger charge is -2.12. The second-order valence-electron chi connectivity index (χ2n) is 4.49. The van der Waals surface area contributed by atoms with E-state index in [0.29, 0.717) is 0 Å². The molecule has 2 aromatic heterocycles. The minimum Gasteiger partial charge on any atom is -0.502 e. The number of nitrogens with zero attached hydrogens (tertiary/aromatic N) is 2. The van der Waals surface area contributed by atoms with Crippen LogP contribution in [0, 0.1) is 18.3 Å². The highest BCUT2D eigenvalue weighted by Gasteiger charge is 2.35. The lowest BCUT2D eigenvalue weighted by Crippen LogP contribution is -2.10. The van der Waals surface area contributed by atoms with E-state index < -0.39 is 28.5 Å². The molecule has 120 valence electrons. The number of thioether (sulfide) groups is 1. The Labute approximate surface area is 132 Å². The van der Waals surface area contributed by atoms with Crippen LogP contribution in [-0.2, 0) is 11.9 Å². The van der Waals surface area contributed by atoms with Gasteiger partial charge < -0.3 is 9.52 Å². The van der Waals surface area contributed by atoms with Gasteiger partial charge in [0.25, 0.3) is 0 Å². The Balaban J connectivity index is 2.36. The second-order valence-corrected chi connectivity index (χ2v) is 5.45. The minimum atomic E-state index is -4.67. The molecule has 0 aliphatic carbocycles. The number of aromatic nitrogens is 1. The van der Waals surface area contributed by atoms with Gasteiger partial charge in [-0.05, 0) is 13.0 Å². The number of rotatable bonds is 3. The molecule has 1 N–H and O–H groups in total. The van der Waals surface area contributed by atoms with Crippen molar-refractivity contribution in [2.45, 2.75) is 23.9 Å². The first-order valence-corrected chi connectivity index (χ1v) is 7.13. The molecule has 2 aromatic rings. The molecule has 0 fully saturated rings. The monoisotopic (exact) mass is 342 g/mol. The summed E-state index contributed by atoms with van der Waals surface area (Å²) in [7, 11) is 0. The van der Waals surface area contributed by atoms with Crippen molar-refractivity contribution in [2.24, 2.45) is 0 Å². The van der Waals surface area contributed by atoms with E-state index in [0.717, 1.165) is 30.2 Å². The largest absolute Gasteiger partial charge is 0.502 e. The van der Waals surface area contributed by atoms with Crippen LogP contribution in [0.5, 0.6) is 5.75 Å². The molecule has 0 saturated carbocycles. The molecule has 0 radical (unpaired) electrons. The summed E-state index contributed by atoms with van der Waals surface area (Å²) in [5.41, 5.74) is -2.18. The summed E-state index contributed by atoms with van der Waals surface area (Å²) < 4.78 is 43.9. The highest BCUT2D eigenvalue weighted by Crippen LogP contribution is 2.36. The smallest absolute Gasteiger partial charge is 0.417 e. The summed E-state index contributed by atoms with van der Waals surface area (Å²) in [6.07, 6.45) is -3.83. The Morgan fingerprint density at radius 1 is 1.43 bits per heavy atom. The maximum Gasteiger partial charge on any atom is 0.417 e. The quantitative estimate of drug-likeness (QED) is 0.862. The fourth-order valence-electron chi connectivity index (χ4n) is 1.74. The van der Waals surface area contributed by atoms with Crippen molar-refractivity contribution in [3.63, 3.8) is 0 Å². The Morgan fingerprint density at radius 2 is 2.13 bits per heavy atom. The predicted molar refractivity (Wildman–Crippen MR) is 74.9 cm³/mol. The van der Waals surface area contributed by atoms with Crippen LogP contribution in [0.3, 0.4) is 0 Å². The topological polar surface area (TPSA) is 87.1 Å². The number of hydrogen-bond donors (Lipinski definition) is 1. The van der Waals surface area contributed by atoms with Crippen molar-refractivity contribution >= 4 is 11.8 Å². The summed E-state index contributed by atoms with van der Waals surface area (Å²) >= 11 is 0.836. The molecule has 23 heavy (non-hydrogen) atoms. The lowest BCUT2D eigenvalue weighted by atomic mass is 10.1. The molecule has 0 unspecified atom stereocenters. The van der Waals surface area contributed by atoms with Crippen LogP contribution < -0.4 is 5.43 Å². The van der Waals surface area contributed by atoms with Crippen LogP contribution in [0.2, 0.25) is 0 Å². The van der Waals surface area contributed by atoms with Gasteiger partial charge in [0, 0.05) is 11.8 Å². The van der Waals surface area contributed by atoms with Gasteiger partial charge in [-0.3, -0.25) is 4.79 Å². The minimum absolute atomic E-state index is 0.0159. The van der Waals surface area contributed by atoms with Gasteiger partial charge in [-0.15, -0.1) is 0 Å². The molecular weight excluding hydrogens is 333 g/mol. The van der Waals surface area contributed by atoms with Crippen molar-refractivity contribution in [3.8, 4) is 11.8 Å². The van der Waals surface area contributed by atoms with Gasteiger partial charge in [0.05, 0.1) is 16.9 Å². The van der Waals surface area contributed by atoms with Crippen molar-refractivity contribution < 1.29 is 22.7 Å². The molecule has 0 atom stereocenters. The third kappa shape index (κ3) is 3.84. The maximum atomic E-state index is 13.0. The van der Waals surface area contributed by atoms with Crippen LogP contribution in [0.1, 0.15) is 22.6 Å². The normalized spacial score (nSPS) is 11.3. The molecular formula is C14H9F3N2O3S. The maximum absolute atomic E-state index is 13.0. The first-order valence-electron chi connectivity index (χ1n) is 6.15. The average Bonchev–Trinajstić information content (AvgIpc) is 2.47. The van der Waals surface area contributed by atoms with E-state index in [1.807, 2.05) is 0 Å². The van der Waals surface area contributed by atoms with Gasteiger partial charge in [-0.2, -0.15) is 18.4 Å². The Kier molecular flexibility index (Phi) is 4.65. The van der Waals surface area contributed by atoms with Gasteiger partial charge >= 0.3 is 6.18 Å². The molecule has 2 heterocycles. The number of hydrogen-bond acceptors (Lipinski definition) is 6. The number of nitriles is 1. The van der Waals surface area contributed by atoms with Crippen molar-refractivity contribution in [2.75, 3.05) is 0 Å². The van der Waals surface area contributed by atoms with E-state index in [4.69, 9.17) is 14.8 Å². The predicted octanol–water partition coefficient (Wildman–Crippen LogP) is 3.23. The summed E-state index contributed by atoms with van der Waals surface area (Å²) in [6, 6.07) is 3.35. The molecule has 0 amide bonds.